The average molecular weight is 411 g/mol. The first-order valence-corrected chi connectivity index (χ1v) is 10.7. The first-order valence-electron chi connectivity index (χ1n) is 10.7. The number of aryl methyl sites for hydroxylation is 1. The van der Waals surface area contributed by atoms with E-state index >= 15 is 0 Å². The lowest BCUT2D eigenvalue weighted by atomic mass is 9.96. The molecule has 0 unspecified atom stereocenters. The van der Waals surface area contributed by atoms with Crippen LogP contribution in [-0.2, 0) is 4.74 Å². The zero-order chi connectivity index (χ0) is 21.8. The highest BCUT2D eigenvalue weighted by Crippen LogP contribution is 2.27. The van der Waals surface area contributed by atoms with Crippen LogP contribution in [0.3, 0.4) is 0 Å². The van der Waals surface area contributed by atoms with Gasteiger partial charge in [0.15, 0.2) is 5.76 Å². The topological polar surface area (TPSA) is 58.9 Å². The minimum Gasteiger partial charge on any atom is -0.512 e. The van der Waals surface area contributed by atoms with E-state index in [1.54, 1.807) is 0 Å². The summed E-state index contributed by atoms with van der Waals surface area (Å²) in [5.41, 5.74) is 5.07. The molecule has 0 bridgehead atoms. The fraction of sp³-hybridized carbons (Fsp3) is 0.385. The van der Waals surface area contributed by atoms with Crippen molar-refractivity contribution < 1.29 is 19.7 Å². The summed E-state index contributed by atoms with van der Waals surface area (Å²) >= 11 is 0. The van der Waals surface area contributed by atoms with Crippen molar-refractivity contribution in [1.29, 1.82) is 0 Å². The molecule has 0 spiro atoms. The quantitative estimate of drug-likeness (QED) is 0.225. The second-order valence-corrected chi connectivity index (χ2v) is 7.34. The number of ether oxygens (including phenoxy) is 2. The molecule has 2 N–H and O–H groups in total. The van der Waals surface area contributed by atoms with Gasteiger partial charge in [0.1, 0.15) is 18.6 Å². The van der Waals surface area contributed by atoms with Crippen molar-refractivity contribution in [2.45, 2.75) is 46.5 Å². The lowest BCUT2D eigenvalue weighted by Gasteiger charge is -2.11. The molecule has 0 aliphatic heterocycles. The van der Waals surface area contributed by atoms with Crippen molar-refractivity contribution in [1.82, 2.24) is 0 Å². The van der Waals surface area contributed by atoms with Crippen LogP contribution in [0.1, 0.15) is 50.7 Å². The van der Waals surface area contributed by atoms with Crippen LogP contribution >= 0.6 is 0 Å². The number of unbranched alkanes of at least 4 members (excludes halogenated alkanes) is 1. The molecule has 2 aromatic carbocycles. The van der Waals surface area contributed by atoms with Gasteiger partial charge in [-0.25, -0.2) is 0 Å². The summed E-state index contributed by atoms with van der Waals surface area (Å²) in [4.78, 5) is 0. The highest BCUT2D eigenvalue weighted by Gasteiger charge is 2.07. The maximum Gasteiger partial charge on any atom is 0.152 e. The van der Waals surface area contributed by atoms with Crippen molar-refractivity contribution in [3.8, 4) is 16.9 Å². The molecule has 0 radical (unpaired) electrons. The van der Waals surface area contributed by atoms with Crippen molar-refractivity contribution in [2.75, 3.05) is 19.8 Å². The maximum atomic E-state index is 10.1. The van der Waals surface area contributed by atoms with Gasteiger partial charge in [-0.05, 0) is 78.3 Å². The SMILES string of the molecule is CCCC/C(=C\c1cc(-c2ccc(OCCOCCC)cc2)ccc1C)C(O)=CO. The second kappa shape index (κ2) is 12.8. The first kappa shape index (κ1) is 23.6. The molecule has 162 valence electrons. The molecule has 4 heteroatoms. The summed E-state index contributed by atoms with van der Waals surface area (Å²) in [5, 5.41) is 19.3. The molecule has 0 aromatic heterocycles. The number of aliphatic hydroxyl groups is 2. The van der Waals surface area contributed by atoms with Crippen LogP contribution in [0.25, 0.3) is 17.2 Å². The van der Waals surface area contributed by atoms with Gasteiger partial charge in [-0.15, -0.1) is 0 Å². The third-order valence-corrected chi connectivity index (χ3v) is 4.89. The third-order valence-electron chi connectivity index (χ3n) is 4.89. The van der Waals surface area contributed by atoms with Crippen LogP contribution in [0.15, 0.2) is 60.1 Å². The molecule has 2 rings (SSSR count). The van der Waals surface area contributed by atoms with Gasteiger partial charge in [-0.3, -0.25) is 0 Å². The van der Waals surface area contributed by atoms with Crippen LogP contribution in [0.4, 0.5) is 0 Å². The summed E-state index contributed by atoms with van der Waals surface area (Å²) in [6.07, 6.45) is 6.44. The number of rotatable bonds is 12. The Morgan fingerprint density at radius 3 is 2.33 bits per heavy atom. The van der Waals surface area contributed by atoms with Crippen LogP contribution < -0.4 is 4.74 Å². The lowest BCUT2D eigenvalue weighted by Crippen LogP contribution is -2.06. The molecule has 0 aliphatic carbocycles. The van der Waals surface area contributed by atoms with Gasteiger partial charge in [0.25, 0.3) is 0 Å². The molecule has 0 atom stereocenters. The monoisotopic (exact) mass is 410 g/mol. The molecule has 0 saturated heterocycles. The van der Waals surface area contributed by atoms with Crippen molar-refractivity contribution in [3.63, 3.8) is 0 Å². The van der Waals surface area contributed by atoms with Crippen molar-refractivity contribution >= 4 is 6.08 Å². The maximum absolute atomic E-state index is 10.1. The lowest BCUT2D eigenvalue weighted by molar-refractivity contribution is 0.101. The number of allylic oxidation sites excluding steroid dienone is 1. The molecule has 4 nitrogen and oxygen atoms in total. The van der Waals surface area contributed by atoms with Gasteiger partial charge < -0.3 is 19.7 Å². The molecule has 0 fully saturated rings. The molecule has 0 heterocycles. The number of hydrogen-bond donors (Lipinski definition) is 2. The predicted octanol–water partition coefficient (Wildman–Crippen LogP) is 7.00. The first-order chi connectivity index (χ1) is 14.6. The summed E-state index contributed by atoms with van der Waals surface area (Å²) in [7, 11) is 0. The van der Waals surface area contributed by atoms with Gasteiger partial charge in [0, 0.05) is 6.61 Å². The molecule has 0 aliphatic rings. The largest absolute Gasteiger partial charge is 0.512 e. The van der Waals surface area contributed by atoms with E-state index in [2.05, 4.69) is 32.0 Å². The van der Waals surface area contributed by atoms with E-state index < -0.39 is 0 Å². The molecular formula is C26H34O4. The van der Waals surface area contributed by atoms with Crippen LogP contribution in [-0.4, -0.2) is 30.0 Å². The van der Waals surface area contributed by atoms with E-state index in [4.69, 9.17) is 9.47 Å². The van der Waals surface area contributed by atoms with Gasteiger partial charge in [-0.2, -0.15) is 0 Å². The smallest absolute Gasteiger partial charge is 0.152 e. The molecular weight excluding hydrogens is 376 g/mol. The number of hydrogen-bond acceptors (Lipinski definition) is 4. The summed E-state index contributed by atoms with van der Waals surface area (Å²) in [5.74, 6) is 0.753. The van der Waals surface area contributed by atoms with Crippen LogP contribution in [0.5, 0.6) is 5.75 Å². The Morgan fingerprint density at radius 2 is 1.67 bits per heavy atom. The molecule has 30 heavy (non-hydrogen) atoms. The Hall–Kier alpha value is -2.72. The Bertz CT molecular complexity index is 835. The van der Waals surface area contributed by atoms with Gasteiger partial charge in [0.05, 0.1) is 6.61 Å². The minimum absolute atomic E-state index is 0.0716. The van der Waals surface area contributed by atoms with Gasteiger partial charge in [0.2, 0.25) is 0 Å². The van der Waals surface area contributed by atoms with Crippen LogP contribution in [0, 0.1) is 6.92 Å². The Morgan fingerprint density at radius 1 is 0.933 bits per heavy atom. The summed E-state index contributed by atoms with van der Waals surface area (Å²) in [6.45, 7) is 8.14. The highest BCUT2D eigenvalue weighted by atomic mass is 16.5. The summed E-state index contributed by atoms with van der Waals surface area (Å²) < 4.78 is 11.2. The summed E-state index contributed by atoms with van der Waals surface area (Å²) in [6, 6.07) is 14.3. The van der Waals surface area contributed by atoms with Crippen molar-refractivity contribution in [2.24, 2.45) is 0 Å². The van der Waals surface area contributed by atoms with E-state index in [0.717, 1.165) is 72.1 Å². The zero-order valence-corrected chi connectivity index (χ0v) is 18.4. The Kier molecular flexibility index (Phi) is 10.0. The predicted molar refractivity (Wildman–Crippen MR) is 124 cm³/mol. The standard InChI is InChI=1S/C26H34O4/c1-4-6-7-23(26(28)19-27)18-24-17-22(9-8-20(24)3)21-10-12-25(13-11-21)30-16-15-29-14-5-2/h8-13,17-19,27-28H,4-7,14-16H2,1-3H3/b23-18+,26-19?. The average Bonchev–Trinajstić information content (AvgIpc) is 2.77. The minimum atomic E-state index is -0.0716. The van der Waals surface area contributed by atoms with E-state index in [1.165, 1.54) is 0 Å². The highest BCUT2D eigenvalue weighted by molar-refractivity contribution is 5.71. The Balaban J connectivity index is 2.16. The number of benzene rings is 2. The van der Waals surface area contributed by atoms with Gasteiger partial charge >= 0.3 is 0 Å². The Labute approximate surface area is 180 Å². The van der Waals surface area contributed by atoms with E-state index in [1.807, 2.05) is 37.3 Å². The van der Waals surface area contributed by atoms with Crippen LogP contribution in [0.2, 0.25) is 0 Å². The normalized spacial score (nSPS) is 12.2. The van der Waals surface area contributed by atoms with E-state index in [9.17, 15) is 10.2 Å². The molecule has 2 aromatic rings. The van der Waals surface area contributed by atoms with E-state index in [-0.39, 0.29) is 5.76 Å². The second-order valence-electron chi connectivity index (χ2n) is 7.34. The fourth-order valence-corrected chi connectivity index (χ4v) is 3.10. The molecule has 0 amide bonds. The third kappa shape index (κ3) is 7.27. The fourth-order valence-electron chi connectivity index (χ4n) is 3.10. The van der Waals surface area contributed by atoms with Gasteiger partial charge in [-0.1, -0.05) is 44.5 Å². The van der Waals surface area contributed by atoms with Crippen molar-refractivity contribution in [3.05, 3.63) is 71.2 Å². The molecule has 0 saturated carbocycles. The zero-order valence-electron chi connectivity index (χ0n) is 18.4. The number of aliphatic hydroxyl groups excluding tert-OH is 2. The van der Waals surface area contributed by atoms with E-state index in [0.29, 0.717) is 13.2 Å².